The third-order valence-corrected chi connectivity index (χ3v) is 1.78. The smallest absolute Gasteiger partial charge is 0.511 e. The number of hydrogen-bond acceptors (Lipinski definition) is 7. The molecule has 0 atom stereocenters. The van der Waals surface area contributed by atoms with Crippen LogP contribution in [-0.2, 0) is 19.1 Å². The van der Waals surface area contributed by atoms with E-state index in [-0.39, 0.29) is 24.5 Å². The number of carboxylic acids is 1. The first-order valence-corrected chi connectivity index (χ1v) is 5.50. The highest BCUT2D eigenvalue weighted by Crippen LogP contribution is 1.95. The Morgan fingerprint density at radius 3 is 2.68 bits per heavy atom. The highest BCUT2D eigenvalue weighted by Gasteiger charge is 2.08. The molecule has 0 unspecified atom stereocenters. The number of rotatable bonds is 9. The molecule has 0 aromatic heterocycles. The minimum atomic E-state index is -0.943. The van der Waals surface area contributed by atoms with E-state index in [1.165, 1.54) is 7.05 Å². The van der Waals surface area contributed by atoms with E-state index >= 15 is 0 Å². The second-order valence-electron chi connectivity index (χ2n) is 3.29. The van der Waals surface area contributed by atoms with Gasteiger partial charge in [-0.1, -0.05) is 0 Å². The molecule has 0 rings (SSSR count). The van der Waals surface area contributed by atoms with Crippen LogP contribution in [0.15, 0.2) is 5.28 Å². The van der Waals surface area contributed by atoms with Crippen molar-refractivity contribution in [2.75, 3.05) is 27.0 Å². The van der Waals surface area contributed by atoms with E-state index in [9.17, 15) is 14.8 Å². The highest BCUT2D eigenvalue weighted by molar-refractivity contribution is 5.66. The Hall–Kier alpha value is -2.26. The molecular formula is C9H17N3O7. The third kappa shape index (κ3) is 9.44. The number of aliphatic carboxylic acids is 1. The van der Waals surface area contributed by atoms with Crippen LogP contribution in [0.5, 0.6) is 0 Å². The largest absolute Gasteiger partial charge is 0.569 e. The van der Waals surface area contributed by atoms with Crippen LogP contribution in [0.2, 0.25) is 0 Å². The minimum Gasteiger partial charge on any atom is -0.569 e. The van der Waals surface area contributed by atoms with Crippen LogP contribution in [0.1, 0.15) is 19.8 Å². The molecule has 0 aromatic carbocycles. The van der Waals surface area contributed by atoms with E-state index in [1.54, 1.807) is 6.92 Å². The molecule has 0 spiro atoms. The first-order valence-electron chi connectivity index (χ1n) is 5.50. The Morgan fingerprint density at radius 1 is 1.42 bits per heavy atom. The normalized spacial score (nSPS) is 10.7. The van der Waals surface area contributed by atoms with Gasteiger partial charge in [-0.3, -0.25) is 4.79 Å². The molecule has 0 bridgehead atoms. The summed E-state index contributed by atoms with van der Waals surface area (Å²) < 4.78 is 8.82. The van der Waals surface area contributed by atoms with Gasteiger partial charge in [0.2, 0.25) is 5.28 Å². The van der Waals surface area contributed by atoms with E-state index in [0.29, 0.717) is 6.42 Å². The van der Waals surface area contributed by atoms with Gasteiger partial charge in [0.15, 0.2) is 0 Å². The lowest BCUT2D eigenvalue weighted by Crippen LogP contribution is -2.28. The highest BCUT2D eigenvalue weighted by atomic mass is 16.8. The molecular weight excluding hydrogens is 262 g/mol. The van der Waals surface area contributed by atoms with E-state index in [1.807, 2.05) is 0 Å². The van der Waals surface area contributed by atoms with E-state index in [4.69, 9.17) is 5.11 Å². The molecule has 0 saturated carbocycles. The lowest BCUT2D eigenvalue weighted by Gasteiger charge is -2.11. The second kappa shape index (κ2) is 9.74. The fourth-order valence-corrected chi connectivity index (χ4v) is 0.914. The van der Waals surface area contributed by atoms with Gasteiger partial charge in [-0.2, -0.15) is 0 Å². The van der Waals surface area contributed by atoms with Crippen LogP contribution in [0, 0.1) is 5.21 Å². The van der Waals surface area contributed by atoms with Gasteiger partial charge in [-0.25, -0.2) is 4.79 Å². The molecule has 10 nitrogen and oxygen atoms in total. The van der Waals surface area contributed by atoms with Crippen LogP contribution in [0.3, 0.4) is 0 Å². The molecule has 19 heavy (non-hydrogen) atoms. The fourth-order valence-electron chi connectivity index (χ4n) is 0.914. The van der Waals surface area contributed by atoms with Crippen LogP contribution < -0.4 is 0 Å². The zero-order chi connectivity index (χ0) is 14.7. The van der Waals surface area contributed by atoms with Crippen molar-refractivity contribution in [2.45, 2.75) is 19.8 Å². The molecule has 110 valence electrons. The summed E-state index contributed by atoms with van der Waals surface area (Å²) in [4.78, 5) is 25.5. The summed E-state index contributed by atoms with van der Waals surface area (Å²) in [6.07, 6.45) is -0.685. The molecule has 0 saturated heterocycles. The van der Waals surface area contributed by atoms with E-state index < -0.39 is 18.9 Å². The van der Waals surface area contributed by atoms with Crippen LogP contribution >= 0.6 is 0 Å². The summed E-state index contributed by atoms with van der Waals surface area (Å²) >= 11 is 0. The fraction of sp³-hybridized carbons (Fsp3) is 0.778. The molecule has 0 fully saturated rings. The Balaban J connectivity index is 3.79. The van der Waals surface area contributed by atoms with Gasteiger partial charge in [-0.15, -0.1) is 5.01 Å². The zero-order valence-electron chi connectivity index (χ0n) is 10.8. The van der Waals surface area contributed by atoms with Crippen LogP contribution in [-0.4, -0.2) is 54.2 Å². The Labute approximate surface area is 109 Å². The summed E-state index contributed by atoms with van der Waals surface area (Å²) in [5, 5.41) is 23.8. The van der Waals surface area contributed by atoms with Gasteiger partial charge in [-0.05, 0) is 13.3 Å². The number of carboxylic acid groups (broad SMARTS) is 1. The number of ether oxygens (including phenoxy) is 2. The lowest BCUT2D eigenvalue weighted by atomic mass is 10.3. The molecule has 0 aromatic rings. The standard InChI is InChI=1S/C9H17N3O7/c1-3-17-9(15)18-7-19-10-12(16)11(2)6-4-5-8(13)14/h3-7H2,1-2H3,(H,13,14)/b12-10-. The van der Waals surface area contributed by atoms with Crippen molar-refractivity contribution in [1.29, 1.82) is 0 Å². The quantitative estimate of drug-likeness (QED) is 0.163. The van der Waals surface area contributed by atoms with Crippen molar-refractivity contribution >= 4 is 12.1 Å². The molecule has 0 aliphatic rings. The maximum Gasteiger partial charge on any atom is 0.511 e. The van der Waals surface area contributed by atoms with Gasteiger partial charge >= 0.3 is 12.1 Å². The molecule has 0 heterocycles. The number of carbonyl (C=O) groups is 2. The number of hydrogen-bond donors (Lipinski definition) is 1. The van der Waals surface area contributed by atoms with Crippen molar-refractivity contribution in [2.24, 2.45) is 5.28 Å². The SMILES string of the molecule is CCOC(=O)OCO/N=[N+](\[O-])N(C)CCCC(=O)O. The molecule has 0 amide bonds. The maximum absolute atomic E-state index is 11.2. The summed E-state index contributed by atoms with van der Waals surface area (Å²) in [6, 6.07) is 0. The minimum absolute atomic E-state index is 0.0506. The average Bonchev–Trinajstić information content (AvgIpc) is 2.34. The van der Waals surface area contributed by atoms with Crippen molar-refractivity contribution in [3.05, 3.63) is 5.21 Å². The van der Waals surface area contributed by atoms with Crippen molar-refractivity contribution in [1.82, 2.24) is 5.01 Å². The van der Waals surface area contributed by atoms with E-state index in [2.05, 4.69) is 19.6 Å². The van der Waals surface area contributed by atoms with Gasteiger partial charge in [0.1, 0.15) is 0 Å². The lowest BCUT2D eigenvalue weighted by molar-refractivity contribution is -0.706. The Kier molecular flexibility index (Phi) is 8.58. The monoisotopic (exact) mass is 279 g/mol. The van der Waals surface area contributed by atoms with Gasteiger partial charge in [0.05, 0.1) is 25.2 Å². The number of nitrogens with zero attached hydrogens (tertiary/aromatic N) is 3. The summed E-state index contributed by atoms with van der Waals surface area (Å²) in [7, 11) is 1.41. The Bertz CT molecular complexity index is 321. The average molecular weight is 279 g/mol. The molecule has 10 heteroatoms. The van der Waals surface area contributed by atoms with Crippen molar-refractivity contribution in [3.63, 3.8) is 0 Å². The summed E-state index contributed by atoms with van der Waals surface area (Å²) in [6.45, 7) is 1.41. The van der Waals surface area contributed by atoms with Crippen molar-refractivity contribution < 1.29 is 34.0 Å². The number of hydrazine groups is 1. The summed E-state index contributed by atoms with van der Waals surface area (Å²) in [5.74, 6) is -0.943. The molecule has 1 N–H and O–H groups in total. The summed E-state index contributed by atoms with van der Waals surface area (Å²) in [5.41, 5.74) is 0. The zero-order valence-corrected chi connectivity index (χ0v) is 10.8. The van der Waals surface area contributed by atoms with E-state index in [0.717, 1.165) is 5.01 Å². The van der Waals surface area contributed by atoms with Crippen molar-refractivity contribution in [3.8, 4) is 0 Å². The van der Waals surface area contributed by atoms with Crippen LogP contribution in [0.25, 0.3) is 0 Å². The van der Waals surface area contributed by atoms with Crippen LogP contribution in [0.4, 0.5) is 4.79 Å². The molecule has 0 radical (unpaired) electrons. The topological polar surface area (TPSA) is 124 Å². The molecule has 0 aliphatic carbocycles. The van der Waals surface area contributed by atoms with Gasteiger partial charge < -0.3 is 24.6 Å². The second-order valence-corrected chi connectivity index (χ2v) is 3.29. The van der Waals surface area contributed by atoms with Gasteiger partial charge in [0.25, 0.3) is 6.79 Å². The molecule has 0 aliphatic heterocycles. The number of carbonyl (C=O) groups excluding carboxylic acids is 1. The predicted molar refractivity (Wildman–Crippen MR) is 59.6 cm³/mol. The van der Waals surface area contributed by atoms with Gasteiger partial charge in [0, 0.05) is 6.42 Å². The Morgan fingerprint density at radius 2 is 2.11 bits per heavy atom. The predicted octanol–water partition coefficient (Wildman–Crippen LogP) is 0.723. The first kappa shape index (κ1) is 16.7. The first-order chi connectivity index (χ1) is 8.97. The maximum atomic E-state index is 11.2. The third-order valence-electron chi connectivity index (χ3n) is 1.78.